The molecule has 0 radical (unpaired) electrons. The van der Waals surface area contributed by atoms with E-state index in [1.165, 1.54) is 19.3 Å². The normalized spacial score (nSPS) is 14.4. The van der Waals surface area contributed by atoms with Crippen LogP contribution in [0.5, 0.6) is 0 Å². The van der Waals surface area contributed by atoms with Gasteiger partial charge in [0.1, 0.15) is 0 Å². The van der Waals surface area contributed by atoms with Crippen molar-refractivity contribution in [2.75, 3.05) is 13.7 Å². The summed E-state index contributed by atoms with van der Waals surface area (Å²) in [6.45, 7) is 12.2. The Balaban J connectivity index is 3.93. The third-order valence-corrected chi connectivity index (χ3v) is 3.23. The third-order valence-electron chi connectivity index (χ3n) is 3.23. The maximum absolute atomic E-state index is 5.46. The summed E-state index contributed by atoms with van der Waals surface area (Å²) in [6, 6.07) is 0.654. The lowest BCUT2D eigenvalue weighted by atomic mass is 9.94. The van der Waals surface area contributed by atoms with Crippen LogP contribution >= 0.6 is 0 Å². The molecule has 0 fully saturated rings. The van der Waals surface area contributed by atoms with E-state index in [-0.39, 0.29) is 5.60 Å². The summed E-state index contributed by atoms with van der Waals surface area (Å²) in [7, 11) is 1.80. The summed E-state index contributed by atoms with van der Waals surface area (Å²) >= 11 is 0. The molecule has 0 aliphatic carbocycles. The average molecular weight is 229 g/mol. The predicted molar refractivity (Wildman–Crippen MR) is 71.9 cm³/mol. The van der Waals surface area contributed by atoms with Gasteiger partial charge in [0.05, 0.1) is 5.60 Å². The van der Waals surface area contributed by atoms with Gasteiger partial charge in [-0.15, -0.1) is 0 Å². The quantitative estimate of drug-likeness (QED) is 0.652. The molecule has 0 amide bonds. The Kier molecular flexibility index (Phi) is 8.04. The van der Waals surface area contributed by atoms with Crippen molar-refractivity contribution in [1.29, 1.82) is 0 Å². The molecular formula is C14H31NO. The van der Waals surface area contributed by atoms with Crippen molar-refractivity contribution in [3.05, 3.63) is 0 Å². The molecule has 0 aromatic heterocycles. The van der Waals surface area contributed by atoms with Gasteiger partial charge in [-0.1, -0.05) is 20.8 Å². The second kappa shape index (κ2) is 8.08. The van der Waals surface area contributed by atoms with Crippen LogP contribution in [-0.2, 0) is 4.74 Å². The van der Waals surface area contributed by atoms with E-state index < -0.39 is 0 Å². The monoisotopic (exact) mass is 229 g/mol. The molecule has 0 aromatic rings. The summed E-state index contributed by atoms with van der Waals surface area (Å²) in [5.74, 6) is 0.802. The van der Waals surface area contributed by atoms with Gasteiger partial charge in [0.25, 0.3) is 0 Å². The van der Waals surface area contributed by atoms with Crippen molar-refractivity contribution in [3.63, 3.8) is 0 Å². The van der Waals surface area contributed by atoms with E-state index in [0.29, 0.717) is 6.04 Å². The molecule has 0 bridgehead atoms. The molecular weight excluding hydrogens is 198 g/mol. The Morgan fingerprint density at radius 3 is 2.19 bits per heavy atom. The highest BCUT2D eigenvalue weighted by Gasteiger charge is 2.18. The van der Waals surface area contributed by atoms with Gasteiger partial charge in [-0.3, -0.25) is 0 Å². The van der Waals surface area contributed by atoms with Crippen molar-refractivity contribution in [1.82, 2.24) is 5.32 Å². The molecule has 2 heteroatoms. The van der Waals surface area contributed by atoms with Gasteiger partial charge < -0.3 is 10.1 Å². The fourth-order valence-electron chi connectivity index (χ4n) is 1.80. The standard InChI is InChI=1S/C14H31NO/c1-7-15-13(9-8-12(2)3)10-11-14(4,5)16-6/h12-13,15H,7-11H2,1-6H3. The molecule has 0 spiro atoms. The number of hydrogen-bond donors (Lipinski definition) is 1. The predicted octanol–water partition coefficient (Wildman–Crippen LogP) is 3.61. The van der Waals surface area contributed by atoms with E-state index in [9.17, 15) is 0 Å². The van der Waals surface area contributed by atoms with E-state index in [2.05, 4.69) is 39.9 Å². The van der Waals surface area contributed by atoms with Crippen LogP contribution in [0.4, 0.5) is 0 Å². The zero-order valence-electron chi connectivity index (χ0n) is 12.1. The van der Waals surface area contributed by atoms with Crippen molar-refractivity contribution < 1.29 is 4.74 Å². The van der Waals surface area contributed by atoms with Gasteiger partial charge in [0.2, 0.25) is 0 Å². The van der Waals surface area contributed by atoms with Gasteiger partial charge >= 0.3 is 0 Å². The van der Waals surface area contributed by atoms with Crippen molar-refractivity contribution >= 4 is 0 Å². The summed E-state index contributed by atoms with van der Waals surface area (Å²) in [4.78, 5) is 0. The van der Waals surface area contributed by atoms with Crippen LogP contribution in [0.1, 0.15) is 60.3 Å². The van der Waals surface area contributed by atoms with Crippen LogP contribution in [-0.4, -0.2) is 25.3 Å². The van der Waals surface area contributed by atoms with E-state index in [4.69, 9.17) is 4.74 Å². The molecule has 0 heterocycles. The Hall–Kier alpha value is -0.0800. The zero-order valence-corrected chi connectivity index (χ0v) is 12.1. The number of ether oxygens (including phenoxy) is 1. The van der Waals surface area contributed by atoms with Gasteiger partial charge in [-0.25, -0.2) is 0 Å². The van der Waals surface area contributed by atoms with E-state index >= 15 is 0 Å². The second-order valence-electron chi connectivity index (χ2n) is 5.73. The van der Waals surface area contributed by atoms with Crippen LogP contribution < -0.4 is 5.32 Å². The van der Waals surface area contributed by atoms with Gasteiger partial charge in [-0.2, -0.15) is 0 Å². The SMILES string of the molecule is CCNC(CCC(C)C)CCC(C)(C)OC. The average Bonchev–Trinajstić information content (AvgIpc) is 2.22. The first-order valence-corrected chi connectivity index (χ1v) is 6.69. The highest BCUT2D eigenvalue weighted by molar-refractivity contribution is 4.74. The molecule has 0 aromatic carbocycles. The van der Waals surface area contributed by atoms with E-state index in [1.807, 2.05) is 0 Å². The Labute approximate surface area is 102 Å². The van der Waals surface area contributed by atoms with Gasteiger partial charge in [0, 0.05) is 13.2 Å². The molecule has 1 unspecified atom stereocenters. The molecule has 16 heavy (non-hydrogen) atoms. The van der Waals surface area contributed by atoms with Crippen LogP contribution in [0.15, 0.2) is 0 Å². The lowest BCUT2D eigenvalue weighted by Crippen LogP contribution is -2.32. The van der Waals surface area contributed by atoms with Crippen LogP contribution in [0, 0.1) is 5.92 Å². The van der Waals surface area contributed by atoms with Gasteiger partial charge in [-0.05, 0) is 52.0 Å². The Morgan fingerprint density at radius 1 is 1.12 bits per heavy atom. The minimum absolute atomic E-state index is 0.0193. The minimum atomic E-state index is 0.0193. The number of methoxy groups -OCH3 is 1. The van der Waals surface area contributed by atoms with E-state index in [1.54, 1.807) is 7.11 Å². The Morgan fingerprint density at radius 2 is 1.75 bits per heavy atom. The molecule has 0 aliphatic heterocycles. The summed E-state index contributed by atoms with van der Waals surface area (Å²) in [5, 5.41) is 3.58. The van der Waals surface area contributed by atoms with Crippen LogP contribution in [0.2, 0.25) is 0 Å². The molecule has 0 saturated carbocycles. The fourth-order valence-corrected chi connectivity index (χ4v) is 1.80. The van der Waals surface area contributed by atoms with Crippen LogP contribution in [0.3, 0.4) is 0 Å². The summed E-state index contributed by atoms with van der Waals surface area (Å²) in [5.41, 5.74) is 0.0193. The van der Waals surface area contributed by atoms with Crippen molar-refractivity contribution in [3.8, 4) is 0 Å². The third kappa shape index (κ3) is 8.12. The number of nitrogens with one attached hydrogen (secondary N) is 1. The molecule has 98 valence electrons. The lowest BCUT2D eigenvalue weighted by molar-refractivity contribution is 0.0114. The largest absolute Gasteiger partial charge is 0.379 e. The van der Waals surface area contributed by atoms with Crippen LogP contribution in [0.25, 0.3) is 0 Å². The first kappa shape index (κ1) is 15.9. The maximum Gasteiger partial charge on any atom is 0.0623 e. The second-order valence-corrected chi connectivity index (χ2v) is 5.73. The van der Waals surface area contributed by atoms with Crippen molar-refractivity contribution in [2.45, 2.75) is 71.9 Å². The number of hydrogen-bond acceptors (Lipinski definition) is 2. The topological polar surface area (TPSA) is 21.3 Å². The molecule has 1 N–H and O–H groups in total. The smallest absolute Gasteiger partial charge is 0.0623 e. The minimum Gasteiger partial charge on any atom is -0.379 e. The van der Waals surface area contributed by atoms with Gasteiger partial charge in [0.15, 0.2) is 0 Å². The maximum atomic E-state index is 5.46. The summed E-state index contributed by atoms with van der Waals surface area (Å²) in [6.07, 6.45) is 4.93. The highest BCUT2D eigenvalue weighted by Crippen LogP contribution is 2.19. The lowest BCUT2D eigenvalue weighted by Gasteiger charge is -2.26. The fraction of sp³-hybridized carbons (Fsp3) is 1.00. The Bertz CT molecular complexity index is 166. The highest BCUT2D eigenvalue weighted by atomic mass is 16.5. The first-order valence-electron chi connectivity index (χ1n) is 6.69. The van der Waals surface area contributed by atoms with E-state index in [0.717, 1.165) is 18.9 Å². The molecule has 2 nitrogen and oxygen atoms in total. The molecule has 0 aliphatic rings. The van der Waals surface area contributed by atoms with Crippen molar-refractivity contribution in [2.24, 2.45) is 5.92 Å². The number of rotatable bonds is 9. The zero-order chi connectivity index (χ0) is 12.6. The molecule has 0 saturated heterocycles. The first-order chi connectivity index (χ1) is 7.41. The summed E-state index contributed by atoms with van der Waals surface area (Å²) < 4.78 is 5.46. The molecule has 0 rings (SSSR count). The molecule has 1 atom stereocenters.